The van der Waals surface area contributed by atoms with Crippen LogP contribution in [-0.2, 0) is 6.42 Å². The van der Waals surface area contributed by atoms with E-state index < -0.39 is 0 Å². The Bertz CT molecular complexity index is 822. The average molecular weight is 401 g/mol. The molecule has 1 aliphatic rings. The van der Waals surface area contributed by atoms with Gasteiger partial charge in [-0.3, -0.25) is 4.99 Å². The first-order valence-corrected chi connectivity index (χ1v) is 10.4. The highest BCUT2D eigenvalue weighted by Gasteiger charge is 2.28. The molecule has 5 heteroatoms. The number of fused-ring (bicyclic) bond motifs is 1. The zero-order valence-electron chi connectivity index (χ0n) is 16.7. The predicted octanol–water partition coefficient (Wildman–Crippen LogP) is 5.37. The zero-order chi connectivity index (χ0) is 19.9. The first-order valence-electron chi connectivity index (χ1n) is 9.99. The highest BCUT2D eigenvalue weighted by atomic mass is 35.5. The van der Waals surface area contributed by atoms with E-state index in [9.17, 15) is 0 Å². The van der Waals surface area contributed by atoms with Gasteiger partial charge in [-0.15, -0.1) is 0 Å². The average Bonchev–Trinajstić information content (AvgIpc) is 2.72. The molecule has 2 aromatic carbocycles. The Morgan fingerprint density at radius 3 is 2.79 bits per heavy atom. The number of aliphatic imine (C=N–C) groups is 1. The van der Waals surface area contributed by atoms with Crippen LogP contribution in [0.4, 0.5) is 0 Å². The van der Waals surface area contributed by atoms with Gasteiger partial charge < -0.3 is 15.2 Å². The number of aryl methyl sites for hydroxylation is 1. The van der Waals surface area contributed by atoms with Crippen LogP contribution in [0, 0.1) is 0 Å². The maximum atomic E-state index is 6.43. The molecule has 150 valence electrons. The molecular weight excluding hydrogens is 372 g/mol. The molecule has 0 saturated carbocycles. The maximum absolute atomic E-state index is 6.43. The predicted molar refractivity (Wildman–Crippen MR) is 116 cm³/mol. The summed E-state index contributed by atoms with van der Waals surface area (Å²) < 4.78 is 11.9. The lowest BCUT2D eigenvalue weighted by Gasteiger charge is -2.29. The highest BCUT2D eigenvalue weighted by Crippen LogP contribution is 2.37. The molecule has 0 unspecified atom stereocenters. The van der Waals surface area contributed by atoms with Crippen molar-refractivity contribution in [1.82, 2.24) is 0 Å². The normalized spacial score (nSPS) is 18.6. The van der Waals surface area contributed by atoms with Crippen molar-refractivity contribution in [2.24, 2.45) is 10.7 Å². The molecule has 3 rings (SSSR count). The van der Waals surface area contributed by atoms with E-state index in [-0.39, 0.29) is 12.1 Å². The lowest BCUT2D eigenvalue weighted by atomic mass is 9.87. The summed E-state index contributed by atoms with van der Waals surface area (Å²) in [7, 11) is 1.62. The van der Waals surface area contributed by atoms with E-state index in [4.69, 9.17) is 31.8 Å². The number of rotatable bonds is 8. The van der Waals surface area contributed by atoms with Gasteiger partial charge in [-0.05, 0) is 37.0 Å². The number of halogens is 1. The van der Waals surface area contributed by atoms with Gasteiger partial charge in [0.25, 0.3) is 0 Å². The number of hydrogen-bond donors (Lipinski definition) is 1. The molecule has 0 radical (unpaired) electrons. The Kier molecular flexibility index (Phi) is 7.35. The molecule has 0 heterocycles. The molecular formula is C23H29ClN2O2. The van der Waals surface area contributed by atoms with Crippen LogP contribution in [0.2, 0.25) is 5.02 Å². The fraction of sp³-hybridized carbons (Fsp3) is 0.435. The highest BCUT2D eigenvalue weighted by molar-refractivity contribution is 6.30. The van der Waals surface area contributed by atoms with Crippen molar-refractivity contribution >= 4 is 17.3 Å². The minimum atomic E-state index is -0.238. The fourth-order valence-corrected chi connectivity index (χ4v) is 3.70. The van der Waals surface area contributed by atoms with Gasteiger partial charge in [0.2, 0.25) is 0 Å². The van der Waals surface area contributed by atoms with Crippen LogP contribution in [0.25, 0.3) is 0 Å². The SMILES string of the molecule is CCCC[C@H](N)CN=C1CCc2ccccc2[C@@H]1Oc1ccc(Cl)cc1OC. The standard InChI is InChI=1S/C23H29ClN2O2/c1-3-4-8-18(25)15-26-20-12-10-16-7-5-6-9-19(16)23(20)28-21-13-11-17(24)14-22(21)27-2/h5-7,9,11,13-14,18,23H,3-4,8,10,12,15,25H2,1-2H3/t18-,23-/m0/s1. The second-order valence-corrected chi connectivity index (χ2v) is 7.66. The molecule has 2 aromatic rings. The van der Waals surface area contributed by atoms with Gasteiger partial charge in [-0.2, -0.15) is 0 Å². The van der Waals surface area contributed by atoms with Crippen LogP contribution in [0.1, 0.15) is 49.8 Å². The van der Waals surface area contributed by atoms with Gasteiger partial charge in [0.15, 0.2) is 17.6 Å². The van der Waals surface area contributed by atoms with Crippen molar-refractivity contribution in [2.45, 2.75) is 51.2 Å². The Morgan fingerprint density at radius 1 is 1.18 bits per heavy atom. The van der Waals surface area contributed by atoms with Crippen molar-refractivity contribution in [3.05, 3.63) is 58.6 Å². The lowest BCUT2D eigenvalue weighted by molar-refractivity contribution is 0.250. The monoisotopic (exact) mass is 400 g/mol. The van der Waals surface area contributed by atoms with Gasteiger partial charge in [-0.1, -0.05) is 55.6 Å². The molecule has 0 fully saturated rings. The second kappa shape index (κ2) is 9.94. The Balaban J connectivity index is 1.88. The van der Waals surface area contributed by atoms with Crippen LogP contribution >= 0.6 is 11.6 Å². The maximum Gasteiger partial charge on any atom is 0.162 e. The molecule has 0 aromatic heterocycles. The van der Waals surface area contributed by atoms with Crippen LogP contribution in [0.5, 0.6) is 11.5 Å². The Morgan fingerprint density at radius 2 is 2.00 bits per heavy atom. The first-order chi connectivity index (χ1) is 13.6. The summed E-state index contributed by atoms with van der Waals surface area (Å²) in [4.78, 5) is 4.89. The fourth-order valence-electron chi connectivity index (χ4n) is 3.54. The molecule has 0 amide bonds. The molecule has 1 aliphatic carbocycles. The molecule has 2 N–H and O–H groups in total. The summed E-state index contributed by atoms with van der Waals surface area (Å²) in [5, 5.41) is 0.615. The zero-order valence-corrected chi connectivity index (χ0v) is 17.4. The number of nitrogens with two attached hydrogens (primary N) is 1. The minimum absolute atomic E-state index is 0.0929. The minimum Gasteiger partial charge on any atom is -0.493 e. The molecule has 0 aliphatic heterocycles. The molecule has 2 atom stereocenters. The van der Waals surface area contributed by atoms with E-state index in [0.717, 1.165) is 43.4 Å². The summed E-state index contributed by atoms with van der Waals surface area (Å²) in [6, 6.07) is 13.9. The number of hydrogen-bond acceptors (Lipinski definition) is 4. The number of unbranched alkanes of at least 4 members (excludes halogenated alkanes) is 1. The van der Waals surface area contributed by atoms with Gasteiger partial charge in [0.05, 0.1) is 19.4 Å². The van der Waals surface area contributed by atoms with Gasteiger partial charge in [-0.25, -0.2) is 0 Å². The Labute approximate surface area is 172 Å². The van der Waals surface area contributed by atoms with Crippen molar-refractivity contribution in [3.8, 4) is 11.5 Å². The lowest BCUT2D eigenvalue weighted by Crippen LogP contribution is -2.29. The van der Waals surface area contributed by atoms with Crippen LogP contribution in [-0.4, -0.2) is 25.4 Å². The number of methoxy groups -OCH3 is 1. The molecule has 0 saturated heterocycles. The summed E-state index contributed by atoms with van der Waals surface area (Å²) in [5.41, 5.74) is 9.75. The van der Waals surface area contributed by atoms with E-state index in [2.05, 4.69) is 25.1 Å². The van der Waals surface area contributed by atoms with Crippen molar-refractivity contribution in [3.63, 3.8) is 0 Å². The van der Waals surface area contributed by atoms with E-state index in [1.807, 2.05) is 18.2 Å². The quantitative estimate of drug-likeness (QED) is 0.647. The molecule has 28 heavy (non-hydrogen) atoms. The van der Waals surface area contributed by atoms with E-state index in [1.165, 1.54) is 5.56 Å². The summed E-state index contributed by atoms with van der Waals surface area (Å²) in [5.74, 6) is 1.28. The van der Waals surface area contributed by atoms with Gasteiger partial charge >= 0.3 is 0 Å². The van der Waals surface area contributed by atoms with Crippen LogP contribution < -0.4 is 15.2 Å². The molecule has 0 spiro atoms. The van der Waals surface area contributed by atoms with E-state index >= 15 is 0 Å². The largest absolute Gasteiger partial charge is 0.493 e. The third kappa shape index (κ3) is 5.06. The molecule has 4 nitrogen and oxygen atoms in total. The van der Waals surface area contributed by atoms with Gasteiger partial charge in [0.1, 0.15) is 0 Å². The number of benzene rings is 2. The van der Waals surface area contributed by atoms with Crippen molar-refractivity contribution in [2.75, 3.05) is 13.7 Å². The van der Waals surface area contributed by atoms with Gasteiger partial charge in [0, 0.05) is 22.7 Å². The number of nitrogens with zero attached hydrogens (tertiary/aromatic N) is 1. The van der Waals surface area contributed by atoms with Crippen molar-refractivity contribution in [1.29, 1.82) is 0 Å². The van der Waals surface area contributed by atoms with Crippen LogP contribution in [0.3, 0.4) is 0 Å². The second-order valence-electron chi connectivity index (χ2n) is 7.23. The molecule has 0 bridgehead atoms. The third-order valence-electron chi connectivity index (χ3n) is 5.12. The first kappa shape index (κ1) is 20.7. The van der Waals surface area contributed by atoms with Crippen LogP contribution in [0.15, 0.2) is 47.5 Å². The van der Waals surface area contributed by atoms with E-state index in [1.54, 1.807) is 13.2 Å². The van der Waals surface area contributed by atoms with Crippen molar-refractivity contribution < 1.29 is 9.47 Å². The topological polar surface area (TPSA) is 56.8 Å². The Hall–Kier alpha value is -2.04. The smallest absolute Gasteiger partial charge is 0.162 e. The summed E-state index contributed by atoms with van der Waals surface area (Å²) in [6.07, 6.45) is 4.89. The third-order valence-corrected chi connectivity index (χ3v) is 5.35. The summed E-state index contributed by atoms with van der Waals surface area (Å²) >= 11 is 6.10. The summed E-state index contributed by atoms with van der Waals surface area (Å²) in [6.45, 7) is 2.81. The number of ether oxygens (including phenoxy) is 2. The van der Waals surface area contributed by atoms with E-state index in [0.29, 0.717) is 23.1 Å².